The number of aliphatic hydroxyl groups excluding tert-OH is 1. The lowest BCUT2D eigenvalue weighted by Gasteiger charge is -2.04. The summed E-state index contributed by atoms with van der Waals surface area (Å²) in [6.45, 7) is -0.424. The number of nitrogens with two attached hydrogens (primary N) is 1. The fourth-order valence-electron chi connectivity index (χ4n) is 0.305. The number of primary amides is 1. The van der Waals surface area contributed by atoms with E-state index in [1.165, 1.54) is 0 Å². The van der Waals surface area contributed by atoms with E-state index in [9.17, 15) is 9.59 Å². The molecule has 0 aliphatic carbocycles. The first kappa shape index (κ1) is 7.90. The standard InChI is InChI=1S/C4H8N2O3/c5-4(9)6-3(1-7)2-8/h1,3,8H,2H2,(H3,5,6,9). The Bertz CT molecular complexity index is 114. The van der Waals surface area contributed by atoms with Crippen LogP contribution in [0.2, 0.25) is 0 Å². The number of aldehydes is 1. The maximum atomic E-state index is 9.97. The number of aliphatic hydroxyl groups is 1. The number of hydrogen-bond donors (Lipinski definition) is 3. The topological polar surface area (TPSA) is 92.4 Å². The van der Waals surface area contributed by atoms with Gasteiger partial charge in [0.1, 0.15) is 12.3 Å². The third-order valence-electron chi connectivity index (χ3n) is 0.689. The predicted molar refractivity (Wildman–Crippen MR) is 29.7 cm³/mol. The van der Waals surface area contributed by atoms with Crippen molar-refractivity contribution in [2.24, 2.45) is 5.73 Å². The number of nitrogens with one attached hydrogen (secondary N) is 1. The van der Waals surface area contributed by atoms with Gasteiger partial charge in [0.05, 0.1) is 6.61 Å². The quantitative estimate of drug-likeness (QED) is 0.396. The van der Waals surface area contributed by atoms with E-state index in [0.29, 0.717) is 6.29 Å². The van der Waals surface area contributed by atoms with Crippen LogP contribution in [0.3, 0.4) is 0 Å². The van der Waals surface area contributed by atoms with Gasteiger partial charge in [0.2, 0.25) is 0 Å². The summed E-state index contributed by atoms with van der Waals surface area (Å²) in [7, 11) is 0. The van der Waals surface area contributed by atoms with Gasteiger partial charge in [0.15, 0.2) is 0 Å². The molecule has 4 N–H and O–H groups in total. The Labute approximate surface area is 51.8 Å². The summed E-state index contributed by atoms with van der Waals surface area (Å²) in [6.07, 6.45) is 0.408. The van der Waals surface area contributed by atoms with Gasteiger partial charge in [0, 0.05) is 0 Å². The number of urea groups is 1. The van der Waals surface area contributed by atoms with E-state index in [1.807, 2.05) is 5.32 Å². The van der Waals surface area contributed by atoms with Gasteiger partial charge >= 0.3 is 6.03 Å². The summed E-state index contributed by atoms with van der Waals surface area (Å²) >= 11 is 0. The van der Waals surface area contributed by atoms with E-state index < -0.39 is 18.7 Å². The number of amides is 2. The Morgan fingerprint density at radius 1 is 1.89 bits per heavy atom. The second kappa shape index (κ2) is 3.85. The zero-order valence-electron chi connectivity index (χ0n) is 4.70. The zero-order valence-corrected chi connectivity index (χ0v) is 4.70. The maximum absolute atomic E-state index is 9.97. The second-order valence-electron chi connectivity index (χ2n) is 1.43. The molecule has 2 amide bonds. The molecule has 5 heteroatoms. The molecule has 0 aromatic rings. The third-order valence-corrected chi connectivity index (χ3v) is 0.689. The molecule has 1 unspecified atom stereocenters. The predicted octanol–water partition coefficient (Wildman–Crippen LogP) is -1.79. The Hall–Kier alpha value is -1.10. The molecule has 0 bridgehead atoms. The van der Waals surface area contributed by atoms with Gasteiger partial charge in [-0.1, -0.05) is 0 Å². The first-order valence-electron chi connectivity index (χ1n) is 2.32. The lowest BCUT2D eigenvalue weighted by molar-refractivity contribution is -0.110. The van der Waals surface area contributed by atoms with Crippen LogP contribution in [0, 0.1) is 0 Å². The first-order valence-corrected chi connectivity index (χ1v) is 2.32. The van der Waals surface area contributed by atoms with Crippen LogP contribution >= 0.6 is 0 Å². The van der Waals surface area contributed by atoms with Gasteiger partial charge in [-0.25, -0.2) is 4.79 Å². The average molecular weight is 132 g/mol. The summed E-state index contributed by atoms with van der Waals surface area (Å²) in [5.41, 5.74) is 4.62. The molecule has 0 aliphatic rings. The van der Waals surface area contributed by atoms with Crippen LogP contribution < -0.4 is 11.1 Å². The summed E-state index contributed by atoms with van der Waals surface area (Å²) in [5.74, 6) is 0. The molecule has 0 aliphatic heterocycles. The summed E-state index contributed by atoms with van der Waals surface area (Å²) < 4.78 is 0. The maximum Gasteiger partial charge on any atom is 0.312 e. The molecule has 1 atom stereocenters. The van der Waals surface area contributed by atoms with Crippen LogP contribution in [0.5, 0.6) is 0 Å². The average Bonchev–Trinajstić information content (AvgIpc) is 1.82. The number of rotatable bonds is 3. The molecule has 0 rings (SSSR count). The van der Waals surface area contributed by atoms with Crippen LogP contribution in [0.25, 0.3) is 0 Å². The van der Waals surface area contributed by atoms with E-state index >= 15 is 0 Å². The highest BCUT2D eigenvalue weighted by atomic mass is 16.3. The van der Waals surface area contributed by atoms with Crippen molar-refractivity contribution in [2.75, 3.05) is 6.61 Å². The van der Waals surface area contributed by atoms with Gasteiger partial charge in [-0.15, -0.1) is 0 Å². The summed E-state index contributed by atoms with van der Waals surface area (Å²) in [6, 6.07) is -1.69. The van der Waals surface area contributed by atoms with E-state index in [0.717, 1.165) is 0 Å². The number of carbonyl (C=O) groups is 2. The molecule has 9 heavy (non-hydrogen) atoms. The minimum absolute atomic E-state index is 0.408. The van der Waals surface area contributed by atoms with Crippen molar-refractivity contribution >= 4 is 12.3 Å². The number of hydrogen-bond acceptors (Lipinski definition) is 3. The molecule has 5 nitrogen and oxygen atoms in total. The third kappa shape index (κ3) is 3.48. The van der Waals surface area contributed by atoms with E-state index in [4.69, 9.17) is 5.11 Å². The minimum atomic E-state index is -0.873. The molecule has 0 fully saturated rings. The van der Waals surface area contributed by atoms with Crippen molar-refractivity contribution in [2.45, 2.75) is 6.04 Å². The van der Waals surface area contributed by atoms with Crippen molar-refractivity contribution in [3.05, 3.63) is 0 Å². The normalized spacial score (nSPS) is 12.1. The lowest BCUT2D eigenvalue weighted by atomic mass is 10.4. The molecular weight excluding hydrogens is 124 g/mol. The molecule has 0 saturated heterocycles. The summed E-state index contributed by atoms with van der Waals surface area (Å²) in [5, 5.41) is 10.3. The SMILES string of the molecule is NC(=O)NC(C=O)CO. The van der Waals surface area contributed by atoms with Crippen LogP contribution in [0.1, 0.15) is 0 Å². The first-order chi connectivity index (χ1) is 4.20. The summed E-state index contributed by atoms with van der Waals surface area (Å²) in [4.78, 5) is 19.8. The van der Waals surface area contributed by atoms with Crippen molar-refractivity contribution in [3.63, 3.8) is 0 Å². The van der Waals surface area contributed by atoms with Crippen LogP contribution in [-0.4, -0.2) is 30.1 Å². The molecule has 0 aromatic carbocycles. The van der Waals surface area contributed by atoms with Gasteiger partial charge in [0.25, 0.3) is 0 Å². The molecule has 52 valence electrons. The molecule has 0 heterocycles. The van der Waals surface area contributed by atoms with Crippen molar-refractivity contribution in [1.82, 2.24) is 5.32 Å². The Balaban J connectivity index is 3.55. The van der Waals surface area contributed by atoms with Gasteiger partial charge in [-0.2, -0.15) is 0 Å². The Kier molecular flexibility index (Phi) is 3.38. The van der Waals surface area contributed by atoms with Gasteiger partial charge in [-0.3, -0.25) is 0 Å². The molecular formula is C4H8N2O3. The van der Waals surface area contributed by atoms with Crippen molar-refractivity contribution < 1.29 is 14.7 Å². The largest absolute Gasteiger partial charge is 0.394 e. The zero-order chi connectivity index (χ0) is 7.28. The van der Waals surface area contributed by atoms with E-state index in [2.05, 4.69) is 5.73 Å². The highest BCUT2D eigenvalue weighted by Gasteiger charge is 2.04. The fourth-order valence-corrected chi connectivity index (χ4v) is 0.305. The van der Waals surface area contributed by atoms with E-state index in [1.54, 1.807) is 0 Å². The van der Waals surface area contributed by atoms with Crippen LogP contribution in [0.15, 0.2) is 0 Å². The van der Waals surface area contributed by atoms with Gasteiger partial charge < -0.3 is 21.0 Å². The second-order valence-corrected chi connectivity index (χ2v) is 1.43. The highest BCUT2D eigenvalue weighted by Crippen LogP contribution is 1.71. The molecule has 0 spiro atoms. The van der Waals surface area contributed by atoms with Crippen LogP contribution in [-0.2, 0) is 4.79 Å². The minimum Gasteiger partial charge on any atom is -0.394 e. The highest BCUT2D eigenvalue weighted by molar-refractivity contribution is 5.76. The van der Waals surface area contributed by atoms with E-state index in [-0.39, 0.29) is 0 Å². The molecule has 0 saturated carbocycles. The van der Waals surface area contributed by atoms with Gasteiger partial charge in [-0.05, 0) is 0 Å². The van der Waals surface area contributed by atoms with Crippen molar-refractivity contribution in [3.8, 4) is 0 Å². The molecule has 0 aromatic heterocycles. The van der Waals surface area contributed by atoms with Crippen molar-refractivity contribution in [1.29, 1.82) is 0 Å². The molecule has 0 radical (unpaired) electrons. The number of carbonyl (C=O) groups excluding carboxylic acids is 2. The Morgan fingerprint density at radius 2 is 2.44 bits per heavy atom. The monoisotopic (exact) mass is 132 g/mol. The van der Waals surface area contributed by atoms with Crippen LogP contribution in [0.4, 0.5) is 4.79 Å². The smallest absolute Gasteiger partial charge is 0.312 e. The fraction of sp³-hybridized carbons (Fsp3) is 0.500. The lowest BCUT2D eigenvalue weighted by Crippen LogP contribution is -2.41. The Morgan fingerprint density at radius 3 is 2.56 bits per heavy atom.